The summed E-state index contributed by atoms with van der Waals surface area (Å²) < 4.78 is 0. The number of nitrogens with zero attached hydrogens (tertiary/aromatic N) is 4. The first-order chi connectivity index (χ1) is 20.3. The first kappa shape index (κ1) is 30.4. The van der Waals surface area contributed by atoms with Crippen molar-refractivity contribution in [2.75, 3.05) is 10.6 Å². The molecule has 0 radical (unpaired) electrons. The van der Waals surface area contributed by atoms with Gasteiger partial charge in [-0.15, -0.1) is 15.3 Å². The minimum Gasteiger partial charge on any atom is -0.384 e. The van der Waals surface area contributed by atoms with Crippen molar-refractivity contribution in [3.8, 4) is 0 Å². The molecule has 0 spiro atoms. The van der Waals surface area contributed by atoms with Crippen LogP contribution in [0.5, 0.6) is 0 Å². The van der Waals surface area contributed by atoms with Gasteiger partial charge in [0.1, 0.15) is 11.1 Å². The fourth-order valence-electron chi connectivity index (χ4n) is 4.05. The highest BCUT2D eigenvalue weighted by atomic mass is 32.1. The highest BCUT2D eigenvalue weighted by molar-refractivity contribution is 7.15. The van der Waals surface area contributed by atoms with Crippen molar-refractivity contribution in [2.24, 2.45) is 0 Å². The average Bonchev–Trinajstić information content (AvgIpc) is 3.42. The number of aromatic nitrogens is 4. The molecular weight excluding hydrogens is 554 g/mol. The summed E-state index contributed by atoms with van der Waals surface area (Å²) in [5, 5.41) is 35.4. The van der Waals surface area contributed by atoms with Crippen molar-refractivity contribution in [1.29, 1.82) is 0 Å². The van der Waals surface area contributed by atoms with Crippen LogP contribution in [0, 0.1) is 0 Å². The smallest absolute Gasteiger partial charge is 0.248 e. The summed E-state index contributed by atoms with van der Waals surface area (Å²) >= 11 is 1.35. The van der Waals surface area contributed by atoms with Crippen molar-refractivity contribution in [3.63, 3.8) is 0 Å². The fraction of sp³-hybridized carbons (Fsp3) is 0.300. The second kappa shape index (κ2) is 15.5. The Labute approximate surface area is 247 Å². The number of anilines is 2. The van der Waals surface area contributed by atoms with E-state index in [1.165, 1.54) is 18.3 Å². The zero-order valence-corrected chi connectivity index (χ0v) is 24.1. The Morgan fingerprint density at radius 1 is 0.786 bits per heavy atom. The van der Waals surface area contributed by atoms with Crippen LogP contribution >= 0.6 is 11.3 Å². The predicted octanol–water partition coefficient (Wildman–Crippen LogP) is 3.25. The maximum atomic E-state index is 12.5. The van der Waals surface area contributed by atoms with Gasteiger partial charge in [0.2, 0.25) is 22.9 Å². The van der Waals surface area contributed by atoms with E-state index in [1.807, 2.05) is 60.7 Å². The molecule has 1 atom stereocenters. The summed E-state index contributed by atoms with van der Waals surface area (Å²) in [6, 6.07) is 20.5. The lowest BCUT2D eigenvalue weighted by Crippen LogP contribution is -2.31. The Morgan fingerprint density at radius 3 is 2.26 bits per heavy atom. The Hall–Kier alpha value is -4.55. The van der Waals surface area contributed by atoms with Crippen LogP contribution in [0.4, 0.5) is 10.9 Å². The molecule has 2 heterocycles. The van der Waals surface area contributed by atoms with E-state index in [4.69, 9.17) is 0 Å². The zero-order chi connectivity index (χ0) is 29.7. The van der Waals surface area contributed by atoms with Gasteiger partial charge in [0.05, 0.1) is 18.5 Å². The van der Waals surface area contributed by atoms with E-state index >= 15 is 0 Å². The van der Waals surface area contributed by atoms with Crippen LogP contribution in [-0.4, -0.2) is 49.3 Å². The molecule has 0 unspecified atom stereocenters. The molecule has 12 heteroatoms. The van der Waals surface area contributed by atoms with Gasteiger partial charge >= 0.3 is 0 Å². The number of unbranched alkanes of at least 4 members (excludes halogenated alkanes) is 1. The number of nitrogens with one attached hydrogen (secondary N) is 3. The predicted molar refractivity (Wildman–Crippen MR) is 160 cm³/mol. The molecule has 0 saturated carbocycles. The molecule has 0 aliphatic heterocycles. The standard InChI is InChI=1S/C30H33N7O4S/c1-20(38)29(41)31-19-23-11-7-10-22(16-23)18-27(40)33-30-37-36-28(42-30)13-6-5-12-24-14-15-25(35-34-24)32-26(39)17-21-8-3-2-4-9-21/h2-4,7-11,14-16,20,38H,5-6,12-13,17-19H2,1H3,(H,31,41)(H,32,35,39)(H,33,37,40)/t20-/m1/s1. The summed E-state index contributed by atoms with van der Waals surface area (Å²) in [6.07, 6.45) is 2.59. The molecule has 0 aliphatic carbocycles. The topological polar surface area (TPSA) is 159 Å². The van der Waals surface area contributed by atoms with Gasteiger partial charge in [-0.3, -0.25) is 14.4 Å². The van der Waals surface area contributed by atoms with Crippen molar-refractivity contribution < 1.29 is 19.5 Å². The Balaban J connectivity index is 1.14. The van der Waals surface area contributed by atoms with Gasteiger partial charge in [0.15, 0.2) is 5.82 Å². The number of carbonyl (C=O) groups is 3. The Bertz CT molecular complexity index is 1480. The van der Waals surface area contributed by atoms with E-state index in [1.54, 1.807) is 6.07 Å². The highest BCUT2D eigenvalue weighted by Gasteiger charge is 2.11. The summed E-state index contributed by atoms with van der Waals surface area (Å²) in [4.78, 5) is 36.3. The minimum atomic E-state index is -1.07. The van der Waals surface area contributed by atoms with Crippen molar-refractivity contribution >= 4 is 40.0 Å². The van der Waals surface area contributed by atoms with Crippen LogP contribution in [0.2, 0.25) is 0 Å². The number of hydrogen-bond donors (Lipinski definition) is 4. The summed E-state index contributed by atoms with van der Waals surface area (Å²) in [6.45, 7) is 1.67. The lowest BCUT2D eigenvalue weighted by atomic mass is 10.1. The molecule has 218 valence electrons. The molecule has 0 aliphatic rings. The van der Waals surface area contributed by atoms with E-state index in [-0.39, 0.29) is 31.2 Å². The number of rotatable bonds is 14. The number of carbonyl (C=O) groups excluding carboxylic acids is 3. The van der Waals surface area contributed by atoms with Crippen LogP contribution in [0.15, 0.2) is 66.7 Å². The molecule has 2 aromatic carbocycles. The van der Waals surface area contributed by atoms with Gasteiger partial charge in [-0.1, -0.05) is 65.9 Å². The van der Waals surface area contributed by atoms with Gasteiger partial charge < -0.3 is 21.1 Å². The fourth-order valence-corrected chi connectivity index (χ4v) is 4.85. The molecule has 0 saturated heterocycles. The summed E-state index contributed by atoms with van der Waals surface area (Å²) in [7, 11) is 0. The number of aliphatic hydroxyl groups is 1. The molecule has 4 N–H and O–H groups in total. The minimum absolute atomic E-state index is 0.138. The van der Waals surface area contributed by atoms with Crippen molar-refractivity contribution in [3.05, 3.63) is 94.1 Å². The molecule has 0 bridgehead atoms. The third-order valence-corrected chi connectivity index (χ3v) is 7.08. The third-order valence-electron chi connectivity index (χ3n) is 6.18. The molecule has 4 rings (SSSR count). The van der Waals surface area contributed by atoms with E-state index in [2.05, 4.69) is 36.3 Å². The van der Waals surface area contributed by atoms with Gasteiger partial charge in [-0.2, -0.15) is 5.10 Å². The van der Waals surface area contributed by atoms with Gasteiger partial charge in [-0.25, -0.2) is 0 Å². The molecular formula is C30H33N7O4S. The monoisotopic (exact) mass is 587 g/mol. The van der Waals surface area contributed by atoms with Crippen molar-refractivity contribution in [2.45, 2.75) is 58.1 Å². The Morgan fingerprint density at radius 2 is 1.50 bits per heavy atom. The van der Waals surface area contributed by atoms with Crippen LogP contribution in [0.25, 0.3) is 0 Å². The average molecular weight is 588 g/mol. The van der Waals surface area contributed by atoms with Gasteiger partial charge in [0, 0.05) is 13.0 Å². The number of amides is 3. The van der Waals surface area contributed by atoms with Gasteiger partial charge in [0.25, 0.3) is 0 Å². The molecule has 4 aromatic rings. The molecule has 0 fully saturated rings. The maximum absolute atomic E-state index is 12.5. The van der Waals surface area contributed by atoms with E-state index < -0.39 is 12.0 Å². The quantitative estimate of drug-likeness (QED) is 0.164. The largest absolute Gasteiger partial charge is 0.384 e. The van der Waals surface area contributed by atoms with Crippen LogP contribution in [0.3, 0.4) is 0 Å². The summed E-state index contributed by atoms with van der Waals surface area (Å²) in [5.74, 6) is -0.367. The van der Waals surface area contributed by atoms with E-state index in [0.717, 1.165) is 53.1 Å². The summed E-state index contributed by atoms with van der Waals surface area (Å²) in [5.41, 5.74) is 3.41. The molecule has 2 aromatic heterocycles. The van der Waals surface area contributed by atoms with E-state index in [0.29, 0.717) is 10.9 Å². The second-order valence-electron chi connectivity index (χ2n) is 9.77. The normalized spacial score (nSPS) is 11.5. The first-order valence-electron chi connectivity index (χ1n) is 13.7. The SMILES string of the molecule is C[C@@H](O)C(=O)NCc1cccc(CC(=O)Nc2nnc(CCCCc3ccc(NC(=O)Cc4ccccc4)nn3)s2)c1. The van der Waals surface area contributed by atoms with Crippen LogP contribution in [-0.2, 0) is 46.6 Å². The maximum Gasteiger partial charge on any atom is 0.248 e. The number of benzene rings is 2. The van der Waals surface area contributed by atoms with Crippen LogP contribution < -0.4 is 16.0 Å². The number of aliphatic hydroxyl groups excluding tert-OH is 1. The number of hydrogen-bond acceptors (Lipinski definition) is 9. The molecule has 3 amide bonds. The molecule has 42 heavy (non-hydrogen) atoms. The highest BCUT2D eigenvalue weighted by Crippen LogP contribution is 2.18. The van der Waals surface area contributed by atoms with E-state index in [9.17, 15) is 19.5 Å². The number of aryl methyl sites for hydroxylation is 2. The zero-order valence-electron chi connectivity index (χ0n) is 23.2. The third kappa shape index (κ3) is 10.1. The van der Waals surface area contributed by atoms with Gasteiger partial charge in [-0.05, 0) is 55.0 Å². The second-order valence-corrected chi connectivity index (χ2v) is 10.8. The lowest BCUT2D eigenvalue weighted by Gasteiger charge is -2.08. The Kier molecular flexibility index (Phi) is 11.2. The van der Waals surface area contributed by atoms with Crippen LogP contribution in [0.1, 0.15) is 47.2 Å². The molecule has 11 nitrogen and oxygen atoms in total. The lowest BCUT2D eigenvalue weighted by molar-refractivity contribution is -0.128. The van der Waals surface area contributed by atoms with Crippen molar-refractivity contribution in [1.82, 2.24) is 25.7 Å². The first-order valence-corrected chi connectivity index (χ1v) is 14.5.